The van der Waals surface area contributed by atoms with E-state index in [1.54, 1.807) is 36.5 Å². The Morgan fingerprint density at radius 2 is 1.83 bits per heavy atom. The van der Waals surface area contributed by atoms with Crippen LogP contribution in [-0.4, -0.2) is 64.6 Å². The van der Waals surface area contributed by atoms with Crippen molar-refractivity contribution in [3.63, 3.8) is 0 Å². The first-order valence-corrected chi connectivity index (χ1v) is 13.8. The quantitative estimate of drug-likeness (QED) is 0.247. The van der Waals surface area contributed by atoms with E-state index in [0.717, 1.165) is 25.5 Å². The number of hydrogen-bond acceptors (Lipinski definition) is 6. The number of aliphatic carboxylic acids is 1. The van der Waals surface area contributed by atoms with Gasteiger partial charge in [0.25, 0.3) is 5.91 Å². The minimum atomic E-state index is -1.46. The van der Waals surface area contributed by atoms with E-state index in [1.807, 2.05) is 14.1 Å². The average Bonchev–Trinajstić information content (AvgIpc) is 2.92. The van der Waals surface area contributed by atoms with Crippen molar-refractivity contribution in [2.75, 3.05) is 27.2 Å². The largest absolute Gasteiger partial charge is 0.492 e. The van der Waals surface area contributed by atoms with Gasteiger partial charge in [-0.2, -0.15) is 0 Å². The molecule has 0 aliphatic heterocycles. The SMILES string of the molecule is CN(C)CCCOc1cc(-c2ncccc2-c2nc(C(=O)NC3(C(=O)O)CCCCC3)c(F)cc2Cl)ccc1Cl.Cl. The van der Waals surface area contributed by atoms with Crippen molar-refractivity contribution in [2.24, 2.45) is 0 Å². The Morgan fingerprint density at radius 1 is 1.10 bits per heavy atom. The minimum absolute atomic E-state index is 0. The van der Waals surface area contributed by atoms with Gasteiger partial charge in [-0.05, 0) is 63.7 Å². The summed E-state index contributed by atoms with van der Waals surface area (Å²) in [6, 6.07) is 9.62. The van der Waals surface area contributed by atoms with E-state index in [0.29, 0.717) is 47.0 Å². The van der Waals surface area contributed by atoms with Crippen LogP contribution in [0.5, 0.6) is 5.75 Å². The van der Waals surface area contributed by atoms with Crippen molar-refractivity contribution in [3.05, 3.63) is 64.2 Å². The van der Waals surface area contributed by atoms with Gasteiger partial charge in [-0.25, -0.2) is 14.2 Å². The number of carbonyl (C=O) groups excluding carboxylic acids is 1. The van der Waals surface area contributed by atoms with E-state index in [9.17, 15) is 19.1 Å². The summed E-state index contributed by atoms with van der Waals surface area (Å²) in [6.45, 7) is 1.33. The molecule has 1 aliphatic rings. The smallest absolute Gasteiger partial charge is 0.329 e. The van der Waals surface area contributed by atoms with E-state index in [1.165, 1.54) is 0 Å². The maximum absolute atomic E-state index is 15.0. The summed E-state index contributed by atoms with van der Waals surface area (Å²) in [5.74, 6) is -2.52. The highest BCUT2D eigenvalue weighted by atomic mass is 35.5. The first kappa shape index (κ1) is 32.5. The van der Waals surface area contributed by atoms with Crippen LogP contribution in [-0.2, 0) is 4.79 Å². The zero-order chi connectivity index (χ0) is 28.9. The molecule has 8 nitrogen and oxygen atoms in total. The number of ether oxygens (including phenoxy) is 1. The van der Waals surface area contributed by atoms with Gasteiger partial charge < -0.3 is 20.1 Å². The topological polar surface area (TPSA) is 105 Å². The fraction of sp³-hybridized carbons (Fsp3) is 0.379. The molecule has 0 radical (unpaired) electrons. The maximum atomic E-state index is 15.0. The summed E-state index contributed by atoms with van der Waals surface area (Å²) >= 11 is 12.8. The van der Waals surface area contributed by atoms with Gasteiger partial charge >= 0.3 is 5.97 Å². The fourth-order valence-corrected chi connectivity index (χ4v) is 5.20. The zero-order valence-corrected chi connectivity index (χ0v) is 25.1. The van der Waals surface area contributed by atoms with Gasteiger partial charge in [-0.3, -0.25) is 9.78 Å². The lowest BCUT2D eigenvalue weighted by Crippen LogP contribution is -2.55. The van der Waals surface area contributed by atoms with E-state index >= 15 is 0 Å². The average molecular weight is 626 g/mol. The third kappa shape index (κ3) is 7.65. The van der Waals surface area contributed by atoms with Crippen LogP contribution in [0.4, 0.5) is 4.39 Å². The minimum Gasteiger partial charge on any atom is -0.492 e. The lowest BCUT2D eigenvalue weighted by Gasteiger charge is -2.33. The Kier molecular flexibility index (Phi) is 11.3. The molecule has 1 aromatic carbocycles. The van der Waals surface area contributed by atoms with Crippen LogP contribution in [0.3, 0.4) is 0 Å². The van der Waals surface area contributed by atoms with Crippen LogP contribution in [0.15, 0.2) is 42.6 Å². The Hall–Kier alpha value is -2.98. The van der Waals surface area contributed by atoms with Gasteiger partial charge in [-0.1, -0.05) is 48.5 Å². The number of nitrogens with one attached hydrogen (secondary N) is 1. The number of rotatable bonds is 10. The molecule has 0 saturated heterocycles. The summed E-state index contributed by atoms with van der Waals surface area (Å²) in [5.41, 5.74) is -0.293. The molecule has 41 heavy (non-hydrogen) atoms. The van der Waals surface area contributed by atoms with E-state index in [4.69, 9.17) is 27.9 Å². The fourth-order valence-electron chi connectivity index (χ4n) is 4.79. The number of carboxylic acids is 1. The van der Waals surface area contributed by atoms with Crippen LogP contribution < -0.4 is 10.1 Å². The standard InChI is InChI=1S/C29H31Cl2FN4O4.ClH/c1-36(2)14-7-15-40-23-16-18(9-10-20(23)30)24-19(8-6-13-33-24)25-21(31)17-22(32)26(34-25)27(37)35-29(28(38)39)11-4-3-5-12-29;/h6,8-10,13,16-17H,3-5,7,11-12,14-15H2,1-2H3,(H,35,37)(H,38,39);1H. The van der Waals surface area contributed by atoms with Gasteiger partial charge in [0.15, 0.2) is 11.5 Å². The molecule has 12 heteroatoms. The Balaban J connectivity index is 0.00000462. The number of amides is 1. The summed E-state index contributed by atoms with van der Waals surface area (Å²) in [7, 11) is 3.97. The lowest BCUT2D eigenvalue weighted by atomic mass is 9.81. The monoisotopic (exact) mass is 624 g/mol. The number of halogens is 4. The maximum Gasteiger partial charge on any atom is 0.329 e. The molecule has 220 valence electrons. The molecule has 0 unspecified atom stereocenters. The van der Waals surface area contributed by atoms with Gasteiger partial charge in [-0.15, -0.1) is 12.4 Å². The van der Waals surface area contributed by atoms with Gasteiger partial charge in [0.05, 0.1) is 28.0 Å². The number of nitrogens with zero attached hydrogens (tertiary/aromatic N) is 3. The molecule has 1 amide bonds. The van der Waals surface area contributed by atoms with Crippen molar-refractivity contribution in [3.8, 4) is 28.3 Å². The summed E-state index contributed by atoms with van der Waals surface area (Å²) in [6.07, 6.45) is 5.10. The highest BCUT2D eigenvalue weighted by molar-refractivity contribution is 6.33. The second-order valence-corrected chi connectivity index (χ2v) is 10.9. The second-order valence-electron chi connectivity index (χ2n) is 10.1. The van der Waals surface area contributed by atoms with E-state index in [2.05, 4.69) is 20.2 Å². The van der Waals surface area contributed by atoms with Crippen molar-refractivity contribution in [1.29, 1.82) is 0 Å². The predicted molar refractivity (Wildman–Crippen MR) is 160 cm³/mol. The summed E-state index contributed by atoms with van der Waals surface area (Å²) < 4.78 is 20.9. The van der Waals surface area contributed by atoms with Crippen LogP contribution in [0.2, 0.25) is 10.0 Å². The molecule has 2 aromatic heterocycles. The van der Waals surface area contributed by atoms with Crippen molar-refractivity contribution in [2.45, 2.75) is 44.1 Å². The Labute approximate surface area is 254 Å². The zero-order valence-electron chi connectivity index (χ0n) is 22.8. The lowest BCUT2D eigenvalue weighted by molar-refractivity contribution is -0.145. The second kappa shape index (κ2) is 14.3. The van der Waals surface area contributed by atoms with Crippen molar-refractivity contribution < 1.29 is 23.8 Å². The van der Waals surface area contributed by atoms with Gasteiger partial charge in [0, 0.05) is 23.9 Å². The van der Waals surface area contributed by atoms with Gasteiger partial charge in [0.2, 0.25) is 0 Å². The van der Waals surface area contributed by atoms with Crippen LogP contribution in [0, 0.1) is 5.82 Å². The molecule has 2 heterocycles. The third-order valence-electron chi connectivity index (χ3n) is 6.89. The molecule has 0 atom stereocenters. The molecule has 0 bridgehead atoms. The number of carbonyl (C=O) groups is 2. The van der Waals surface area contributed by atoms with Crippen LogP contribution >= 0.6 is 35.6 Å². The normalized spacial score (nSPS) is 14.3. The molecule has 1 aliphatic carbocycles. The molecule has 4 rings (SSSR count). The van der Waals surface area contributed by atoms with Crippen molar-refractivity contribution >= 4 is 47.5 Å². The number of benzene rings is 1. The number of hydrogen-bond donors (Lipinski definition) is 2. The Bertz CT molecular complexity index is 1400. The van der Waals surface area contributed by atoms with Crippen LogP contribution in [0.25, 0.3) is 22.5 Å². The first-order chi connectivity index (χ1) is 19.1. The molecule has 0 spiro atoms. The molecular formula is C29H32Cl3FN4O4. The van der Waals surface area contributed by atoms with Crippen molar-refractivity contribution in [1.82, 2.24) is 20.2 Å². The number of aromatic nitrogens is 2. The third-order valence-corrected chi connectivity index (χ3v) is 7.49. The summed E-state index contributed by atoms with van der Waals surface area (Å²) in [4.78, 5) is 36.1. The molecule has 1 saturated carbocycles. The number of pyridine rings is 2. The molecular weight excluding hydrogens is 594 g/mol. The van der Waals surface area contributed by atoms with E-state index < -0.39 is 28.9 Å². The molecule has 3 aromatic rings. The number of carboxylic acid groups (broad SMARTS) is 1. The molecule has 1 fully saturated rings. The highest BCUT2D eigenvalue weighted by Crippen LogP contribution is 2.37. The molecule has 2 N–H and O–H groups in total. The Morgan fingerprint density at radius 3 is 2.51 bits per heavy atom. The highest BCUT2D eigenvalue weighted by Gasteiger charge is 2.41. The van der Waals surface area contributed by atoms with E-state index in [-0.39, 0.29) is 36.0 Å². The van der Waals surface area contributed by atoms with Gasteiger partial charge in [0.1, 0.15) is 11.3 Å². The van der Waals surface area contributed by atoms with Crippen LogP contribution in [0.1, 0.15) is 49.0 Å². The predicted octanol–water partition coefficient (Wildman–Crippen LogP) is 6.53. The first-order valence-electron chi connectivity index (χ1n) is 13.1. The summed E-state index contributed by atoms with van der Waals surface area (Å²) in [5, 5.41) is 12.8.